The predicted octanol–water partition coefficient (Wildman–Crippen LogP) is 5.38. The quantitative estimate of drug-likeness (QED) is 0.415. The van der Waals surface area contributed by atoms with Crippen molar-refractivity contribution in [2.45, 2.75) is 51.7 Å². The topological polar surface area (TPSA) is 68.0 Å². The second kappa shape index (κ2) is 11.0. The smallest absolute Gasteiger partial charge is 0.329 e. The minimum atomic E-state index is -0.650. The molecule has 1 unspecified atom stereocenters. The standard InChI is InChI=1S/C23H31N3O3S/c1-2-3-10-22(29-21-9-7-8-19(17-21)26(30)23(24)27)28-20-13-11-18(12-14-20)25-15-5-4-6-16-25/h7-9,11-14,17,22,30H,2-6,10,15-16H2,1H3,(H2,24,27). The van der Waals surface area contributed by atoms with Crippen LogP contribution in [0, 0.1) is 0 Å². The van der Waals surface area contributed by atoms with Crippen LogP contribution in [0.25, 0.3) is 0 Å². The fourth-order valence-corrected chi connectivity index (χ4v) is 3.64. The summed E-state index contributed by atoms with van der Waals surface area (Å²) in [7, 11) is 0. The first-order valence-electron chi connectivity index (χ1n) is 10.6. The van der Waals surface area contributed by atoms with E-state index in [9.17, 15) is 4.79 Å². The van der Waals surface area contributed by atoms with Crippen LogP contribution in [0.5, 0.6) is 11.5 Å². The summed E-state index contributed by atoms with van der Waals surface area (Å²) >= 11 is 4.11. The summed E-state index contributed by atoms with van der Waals surface area (Å²) in [5.74, 6) is 1.37. The zero-order valence-electron chi connectivity index (χ0n) is 17.5. The number of carbonyl (C=O) groups excluding carboxylic acids is 1. The number of nitrogens with two attached hydrogens (primary N) is 1. The van der Waals surface area contributed by atoms with Crippen molar-refractivity contribution >= 4 is 30.2 Å². The minimum absolute atomic E-state index is 0.428. The van der Waals surface area contributed by atoms with Crippen molar-refractivity contribution in [1.29, 1.82) is 0 Å². The van der Waals surface area contributed by atoms with Gasteiger partial charge in [0.15, 0.2) is 0 Å². The Hall–Kier alpha value is -2.54. The highest BCUT2D eigenvalue weighted by Gasteiger charge is 2.15. The Morgan fingerprint density at radius 3 is 2.47 bits per heavy atom. The molecule has 2 aromatic rings. The van der Waals surface area contributed by atoms with Gasteiger partial charge in [0.05, 0.1) is 5.69 Å². The summed E-state index contributed by atoms with van der Waals surface area (Å²) in [6, 6.07) is 14.7. The van der Waals surface area contributed by atoms with E-state index in [1.807, 2.05) is 18.2 Å². The Bertz CT molecular complexity index is 810. The van der Waals surface area contributed by atoms with Gasteiger partial charge in [0.1, 0.15) is 11.5 Å². The maximum Gasteiger partial charge on any atom is 0.329 e. The lowest BCUT2D eigenvalue weighted by Gasteiger charge is -2.29. The van der Waals surface area contributed by atoms with Crippen LogP contribution in [0.4, 0.5) is 16.2 Å². The highest BCUT2D eigenvalue weighted by atomic mass is 32.1. The number of primary amides is 1. The van der Waals surface area contributed by atoms with Crippen molar-refractivity contribution in [1.82, 2.24) is 0 Å². The number of amides is 2. The van der Waals surface area contributed by atoms with Crippen LogP contribution < -0.4 is 24.4 Å². The summed E-state index contributed by atoms with van der Waals surface area (Å²) in [6.45, 7) is 4.37. The van der Waals surface area contributed by atoms with Crippen molar-refractivity contribution in [3.05, 3.63) is 48.5 Å². The molecule has 0 aromatic heterocycles. The fraction of sp³-hybridized carbons (Fsp3) is 0.435. The number of hydrogen-bond acceptors (Lipinski definition) is 5. The molecule has 0 spiro atoms. The van der Waals surface area contributed by atoms with Gasteiger partial charge in [-0.2, -0.15) is 0 Å². The Morgan fingerprint density at radius 1 is 1.10 bits per heavy atom. The molecule has 1 fully saturated rings. The van der Waals surface area contributed by atoms with Crippen LogP contribution in [-0.4, -0.2) is 25.4 Å². The third kappa shape index (κ3) is 6.23. The second-order valence-electron chi connectivity index (χ2n) is 7.50. The first-order valence-corrected chi connectivity index (χ1v) is 11.0. The van der Waals surface area contributed by atoms with E-state index in [-0.39, 0.29) is 0 Å². The van der Waals surface area contributed by atoms with Gasteiger partial charge in [0, 0.05) is 31.3 Å². The maximum atomic E-state index is 11.4. The van der Waals surface area contributed by atoms with Crippen LogP contribution >= 0.6 is 12.8 Å². The predicted molar refractivity (Wildman–Crippen MR) is 125 cm³/mol. The monoisotopic (exact) mass is 429 g/mol. The zero-order valence-corrected chi connectivity index (χ0v) is 18.4. The first kappa shape index (κ1) is 22.2. The number of piperidine rings is 1. The number of hydrogen-bond donors (Lipinski definition) is 2. The molecule has 1 aliphatic rings. The molecule has 0 bridgehead atoms. The Morgan fingerprint density at radius 2 is 1.80 bits per heavy atom. The van der Waals surface area contributed by atoms with E-state index in [2.05, 4.69) is 36.8 Å². The number of carbonyl (C=O) groups is 1. The largest absolute Gasteiger partial charge is 0.455 e. The lowest BCUT2D eigenvalue weighted by molar-refractivity contribution is -0.00206. The molecule has 1 saturated heterocycles. The fourth-order valence-electron chi connectivity index (χ4n) is 3.52. The van der Waals surface area contributed by atoms with E-state index < -0.39 is 12.3 Å². The number of urea groups is 1. The van der Waals surface area contributed by atoms with E-state index >= 15 is 0 Å². The molecule has 2 aromatic carbocycles. The van der Waals surface area contributed by atoms with Crippen LogP contribution in [-0.2, 0) is 0 Å². The van der Waals surface area contributed by atoms with E-state index in [0.717, 1.165) is 42.4 Å². The van der Waals surface area contributed by atoms with E-state index in [1.54, 1.807) is 18.2 Å². The number of anilines is 2. The Kier molecular flexibility index (Phi) is 8.13. The zero-order chi connectivity index (χ0) is 21.3. The van der Waals surface area contributed by atoms with Crippen LogP contribution in [0.3, 0.4) is 0 Å². The molecule has 3 rings (SSSR count). The molecule has 30 heavy (non-hydrogen) atoms. The number of ether oxygens (including phenoxy) is 2. The van der Waals surface area contributed by atoms with Crippen molar-refractivity contribution in [3.8, 4) is 11.5 Å². The molecular weight excluding hydrogens is 398 g/mol. The molecule has 7 heteroatoms. The molecule has 0 saturated carbocycles. The minimum Gasteiger partial charge on any atom is -0.455 e. The normalized spacial score (nSPS) is 14.8. The summed E-state index contributed by atoms with van der Waals surface area (Å²) in [5.41, 5.74) is 7.08. The van der Waals surface area contributed by atoms with Crippen LogP contribution in [0.15, 0.2) is 48.5 Å². The van der Waals surface area contributed by atoms with Crippen molar-refractivity contribution in [2.24, 2.45) is 5.73 Å². The SMILES string of the molecule is CCCCC(Oc1ccc(N2CCCCC2)cc1)Oc1cccc(N(S)C(N)=O)c1. The lowest BCUT2D eigenvalue weighted by atomic mass is 10.1. The highest BCUT2D eigenvalue weighted by molar-refractivity contribution is 7.82. The molecule has 1 aliphatic heterocycles. The molecule has 1 atom stereocenters. The average molecular weight is 430 g/mol. The van der Waals surface area contributed by atoms with E-state index in [1.165, 1.54) is 24.9 Å². The molecule has 1 heterocycles. The summed E-state index contributed by atoms with van der Waals surface area (Å²) in [5, 5.41) is 0. The number of benzene rings is 2. The maximum absolute atomic E-state index is 11.4. The van der Waals surface area contributed by atoms with Gasteiger partial charge in [-0.25, -0.2) is 9.10 Å². The van der Waals surface area contributed by atoms with Gasteiger partial charge in [0.2, 0.25) is 6.29 Å². The highest BCUT2D eigenvalue weighted by Crippen LogP contribution is 2.27. The number of nitrogens with zero attached hydrogens (tertiary/aromatic N) is 2. The number of rotatable bonds is 9. The van der Waals surface area contributed by atoms with Crippen LogP contribution in [0.1, 0.15) is 45.4 Å². The third-order valence-corrected chi connectivity index (χ3v) is 5.59. The molecule has 162 valence electrons. The van der Waals surface area contributed by atoms with Crippen molar-refractivity contribution < 1.29 is 14.3 Å². The number of thiol groups is 1. The molecule has 0 aliphatic carbocycles. The number of unbranched alkanes of at least 4 members (excludes halogenated alkanes) is 1. The van der Waals surface area contributed by atoms with Gasteiger partial charge >= 0.3 is 6.03 Å². The summed E-state index contributed by atoms with van der Waals surface area (Å²) in [6.07, 6.45) is 6.18. The lowest BCUT2D eigenvalue weighted by Crippen LogP contribution is -2.29. The Balaban J connectivity index is 1.67. The summed E-state index contributed by atoms with van der Waals surface area (Å²) < 4.78 is 13.3. The summed E-state index contributed by atoms with van der Waals surface area (Å²) in [4.78, 5) is 13.8. The third-order valence-electron chi connectivity index (χ3n) is 5.16. The molecular formula is C23H31N3O3S. The van der Waals surface area contributed by atoms with Crippen molar-refractivity contribution in [2.75, 3.05) is 22.3 Å². The van der Waals surface area contributed by atoms with Gasteiger partial charge in [-0.05, 0) is 62.1 Å². The first-order chi connectivity index (χ1) is 14.6. The van der Waals surface area contributed by atoms with Gasteiger partial charge in [-0.1, -0.05) is 32.2 Å². The van der Waals surface area contributed by atoms with Gasteiger partial charge in [-0.3, -0.25) is 0 Å². The van der Waals surface area contributed by atoms with E-state index in [0.29, 0.717) is 11.4 Å². The van der Waals surface area contributed by atoms with Crippen LogP contribution in [0.2, 0.25) is 0 Å². The molecule has 2 amide bonds. The van der Waals surface area contributed by atoms with Crippen molar-refractivity contribution in [3.63, 3.8) is 0 Å². The van der Waals surface area contributed by atoms with Gasteiger partial charge in [0.25, 0.3) is 0 Å². The molecule has 6 nitrogen and oxygen atoms in total. The molecule has 0 radical (unpaired) electrons. The average Bonchev–Trinajstić information content (AvgIpc) is 2.78. The molecule has 2 N–H and O–H groups in total. The van der Waals surface area contributed by atoms with Gasteiger partial charge in [-0.15, -0.1) is 0 Å². The second-order valence-corrected chi connectivity index (χ2v) is 7.90. The Labute approximate surface area is 184 Å². The van der Waals surface area contributed by atoms with E-state index in [4.69, 9.17) is 15.2 Å². The van der Waals surface area contributed by atoms with Gasteiger partial charge < -0.3 is 20.1 Å².